The molecule has 5 rings (SSSR count). The number of aryl methyl sites for hydroxylation is 1. The second-order valence-corrected chi connectivity index (χ2v) is 8.64. The van der Waals surface area contributed by atoms with Gasteiger partial charge >= 0.3 is 5.97 Å². The Morgan fingerprint density at radius 1 is 1.24 bits per heavy atom. The molecule has 2 aromatic carbocycles. The molecule has 9 heteroatoms. The minimum atomic E-state index is -2.75. The predicted molar refractivity (Wildman–Crippen MR) is 122 cm³/mol. The van der Waals surface area contributed by atoms with Crippen LogP contribution >= 0.6 is 0 Å². The van der Waals surface area contributed by atoms with Gasteiger partial charge in [0, 0.05) is 55.2 Å². The van der Waals surface area contributed by atoms with Crippen molar-refractivity contribution in [3.8, 4) is 11.4 Å². The van der Waals surface area contributed by atoms with Crippen LogP contribution in [0.3, 0.4) is 0 Å². The Balaban J connectivity index is 1.74. The summed E-state index contributed by atoms with van der Waals surface area (Å²) in [6.07, 6.45) is -0.164. The van der Waals surface area contributed by atoms with Crippen LogP contribution in [0.1, 0.15) is 35.0 Å². The standard InChI is InChI=1S/C25H24F3N3O3/c1-3-30-20-5-4-14(10-16(20)17-13-25(27,28)7-6-21(17)30)23-29-19-12-15(24(32)33)11-18(26)22(19)31(23)8-9-34-2/h4-5,10-12H,3,6-9,13H2,1-2H3,(H,32,33). The fraction of sp³-hybridized carbons (Fsp3) is 0.360. The highest BCUT2D eigenvalue weighted by molar-refractivity contribution is 5.94. The minimum absolute atomic E-state index is 0.165. The van der Waals surface area contributed by atoms with Crippen molar-refractivity contribution >= 4 is 27.9 Å². The van der Waals surface area contributed by atoms with Gasteiger partial charge in [-0.25, -0.2) is 22.9 Å². The van der Waals surface area contributed by atoms with Crippen molar-refractivity contribution < 1.29 is 27.8 Å². The first-order valence-electron chi connectivity index (χ1n) is 11.2. The van der Waals surface area contributed by atoms with Crippen molar-refractivity contribution in [2.24, 2.45) is 0 Å². The molecule has 0 unspecified atom stereocenters. The van der Waals surface area contributed by atoms with Gasteiger partial charge in [0.25, 0.3) is 5.92 Å². The normalized spacial score (nSPS) is 15.2. The lowest BCUT2D eigenvalue weighted by atomic mass is 9.92. The molecule has 2 heterocycles. The lowest BCUT2D eigenvalue weighted by Crippen LogP contribution is -2.26. The zero-order valence-electron chi connectivity index (χ0n) is 18.9. The predicted octanol–water partition coefficient (Wildman–Crippen LogP) is 5.29. The molecule has 0 atom stereocenters. The van der Waals surface area contributed by atoms with Gasteiger partial charge in [0.15, 0.2) is 0 Å². The average Bonchev–Trinajstić information content (AvgIpc) is 3.31. The number of fused-ring (bicyclic) bond motifs is 4. The maximum Gasteiger partial charge on any atom is 0.335 e. The molecular weight excluding hydrogens is 447 g/mol. The van der Waals surface area contributed by atoms with Crippen LogP contribution in [-0.2, 0) is 30.7 Å². The van der Waals surface area contributed by atoms with Crippen molar-refractivity contribution in [1.82, 2.24) is 14.1 Å². The zero-order chi connectivity index (χ0) is 24.2. The third-order valence-electron chi connectivity index (χ3n) is 6.59. The molecule has 4 aromatic rings. The number of hydrogen-bond acceptors (Lipinski definition) is 3. The molecule has 1 N–H and O–H groups in total. The van der Waals surface area contributed by atoms with Gasteiger partial charge < -0.3 is 19.0 Å². The lowest BCUT2D eigenvalue weighted by Gasteiger charge is -2.23. The maximum absolute atomic E-state index is 15.0. The summed E-state index contributed by atoms with van der Waals surface area (Å²) in [5, 5.41) is 10.1. The fourth-order valence-corrected chi connectivity index (χ4v) is 5.07. The van der Waals surface area contributed by atoms with Gasteiger partial charge in [-0.1, -0.05) is 0 Å². The molecule has 0 radical (unpaired) electrons. The molecule has 2 aromatic heterocycles. The first kappa shape index (κ1) is 22.5. The molecule has 6 nitrogen and oxygen atoms in total. The maximum atomic E-state index is 15.0. The van der Waals surface area contributed by atoms with E-state index in [1.807, 2.05) is 25.1 Å². The zero-order valence-corrected chi connectivity index (χ0v) is 18.9. The van der Waals surface area contributed by atoms with E-state index in [2.05, 4.69) is 9.55 Å². The van der Waals surface area contributed by atoms with E-state index in [1.54, 1.807) is 4.57 Å². The van der Waals surface area contributed by atoms with Gasteiger partial charge in [0.1, 0.15) is 17.2 Å². The number of hydrogen-bond donors (Lipinski definition) is 1. The summed E-state index contributed by atoms with van der Waals surface area (Å²) in [4.78, 5) is 16.0. The van der Waals surface area contributed by atoms with Crippen LogP contribution < -0.4 is 0 Å². The topological polar surface area (TPSA) is 69.3 Å². The minimum Gasteiger partial charge on any atom is -0.478 e. The lowest BCUT2D eigenvalue weighted by molar-refractivity contribution is -0.0125. The van der Waals surface area contributed by atoms with Gasteiger partial charge in [0.2, 0.25) is 0 Å². The molecule has 0 fully saturated rings. The highest BCUT2D eigenvalue weighted by Crippen LogP contribution is 2.40. The quantitative estimate of drug-likeness (QED) is 0.415. The van der Waals surface area contributed by atoms with Gasteiger partial charge in [-0.2, -0.15) is 0 Å². The van der Waals surface area contributed by atoms with E-state index in [0.717, 1.165) is 22.7 Å². The summed E-state index contributed by atoms with van der Waals surface area (Å²) in [5.74, 6) is -4.27. The fourth-order valence-electron chi connectivity index (χ4n) is 5.07. The summed E-state index contributed by atoms with van der Waals surface area (Å²) >= 11 is 0. The molecule has 178 valence electrons. The first-order chi connectivity index (χ1) is 16.2. The smallest absolute Gasteiger partial charge is 0.335 e. The van der Waals surface area contributed by atoms with Crippen molar-refractivity contribution in [2.45, 2.75) is 45.2 Å². The Bertz CT molecular complexity index is 1440. The van der Waals surface area contributed by atoms with Crippen molar-refractivity contribution in [1.29, 1.82) is 0 Å². The number of ether oxygens (including phenoxy) is 1. The summed E-state index contributed by atoms with van der Waals surface area (Å²) in [6.45, 7) is 3.24. The van der Waals surface area contributed by atoms with Gasteiger partial charge in [-0.3, -0.25) is 0 Å². The van der Waals surface area contributed by atoms with E-state index in [-0.39, 0.29) is 42.6 Å². The van der Waals surface area contributed by atoms with Crippen LogP contribution in [-0.4, -0.2) is 44.8 Å². The summed E-state index contributed by atoms with van der Waals surface area (Å²) < 4.78 is 52.5. The van der Waals surface area contributed by atoms with Gasteiger partial charge in [0.05, 0.1) is 17.7 Å². The van der Waals surface area contributed by atoms with Gasteiger partial charge in [-0.15, -0.1) is 0 Å². The summed E-state index contributed by atoms with van der Waals surface area (Å²) in [6, 6.07) is 7.88. The van der Waals surface area contributed by atoms with Crippen LogP contribution in [0.5, 0.6) is 0 Å². The van der Waals surface area contributed by atoms with E-state index < -0.39 is 17.7 Å². The number of carboxylic acids is 1. The molecule has 34 heavy (non-hydrogen) atoms. The summed E-state index contributed by atoms with van der Waals surface area (Å²) in [7, 11) is 1.53. The summed E-state index contributed by atoms with van der Waals surface area (Å²) in [5.41, 5.74) is 3.30. The number of imidazole rings is 1. The Morgan fingerprint density at radius 2 is 2.03 bits per heavy atom. The van der Waals surface area contributed by atoms with Crippen molar-refractivity contribution in [2.75, 3.05) is 13.7 Å². The Kier molecular flexibility index (Phi) is 5.39. The number of halogens is 3. The highest BCUT2D eigenvalue weighted by atomic mass is 19.3. The molecular formula is C25H24F3N3O3. The molecule has 1 aliphatic carbocycles. The van der Waals surface area contributed by atoms with Crippen molar-refractivity contribution in [3.63, 3.8) is 0 Å². The molecule has 0 saturated heterocycles. The van der Waals surface area contributed by atoms with E-state index in [9.17, 15) is 23.1 Å². The van der Waals surface area contributed by atoms with Crippen LogP contribution in [0, 0.1) is 5.82 Å². The van der Waals surface area contributed by atoms with Crippen LogP contribution in [0.4, 0.5) is 13.2 Å². The average molecular weight is 471 g/mol. The first-order valence-corrected chi connectivity index (χ1v) is 11.2. The SMILES string of the molecule is CCn1c2c(c3cc(-c4nc5cc(C(=O)O)cc(F)c5n4CCOC)ccc31)CC(F)(F)CC2. The number of benzene rings is 2. The van der Waals surface area contributed by atoms with E-state index in [1.165, 1.54) is 13.2 Å². The molecule has 1 aliphatic rings. The number of nitrogens with zero attached hydrogens (tertiary/aromatic N) is 3. The van der Waals surface area contributed by atoms with Crippen LogP contribution in [0.15, 0.2) is 30.3 Å². The molecule has 0 spiro atoms. The Labute approximate surface area is 193 Å². The Morgan fingerprint density at radius 3 is 2.74 bits per heavy atom. The van der Waals surface area contributed by atoms with Crippen LogP contribution in [0.25, 0.3) is 33.3 Å². The number of methoxy groups -OCH3 is 1. The Hall–Kier alpha value is -3.33. The van der Waals surface area contributed by atoms with E-state index >= 15 is 0 Å². The second kappa shape index (κ2) is 8.16. The van der Waals surface area contributed by atoms with Crippen LogP contribution in [0.2, 0.25) is 0 Å². The van der Waals surface area contributed by atoms with Crippen molar-refractivity contribution in [3.05, 3.63) is 53.0 Å². The molecule has 0 amide bonds. The number of rotatable bonds is 6. The number of alkyl halides is 2. The third-order valence-corrected chi connectivity index (χ3v) is 6.59. The number of aromatic carboxylic acids is 1. The van der Waals surface area contributed by atoms with Gasteiger partial charge in [-0.05, 0) is 49.2 Å². The number of carboxylic acid groups (broad SMARTS) is 1. The highest BCUT2D eigenvalue weighted by Gasteiger charge is 2.37. The molecule has 0 bridgehead atoms. The van der Waals surface area contributed by atoms with E-state index in [0.29, 0.717) is 29.9 Å². The monoisotopic (exact) mass is 471 g/mol. The number of carbonyl (C=O) groups is 1. The second-order valence-electron chi connectivity index (χ2n) is 8.64. The van der Waals surface area contributed by atoms with E-state index in [4.69, 9.17) is 4.74 Å². The third kappa shape index (κ3) is 3.55. The molecule has 0 aliphatic heterocycles. The largest absolute Gasteiger partial charge is 0.478 e. The number of aromatic nitrogens is 3. The molecule has 0 saturated carbocycles.